The predicted molar refractivity (Wildman–Crippen MR) is 64.0 cm³/mol. The molecule has 0 bridgehead atoms. The van der Waals surface area contributed by atoms with Gasteiger partial charge in [-0.25, -0.2) is 0 Å². The van der Waals surface area contributed by atoms with Crippen LogP contribution in [0.5, 0.6) is 0 Å². The van der Waals surface area contributed by atoms with Crippen LogP contribution in [0.15, 0.2) is 0 Å². The Morgan fingerprint density at radius 1 is 1.50 bits per heavy atom. The summed E-state index contributed by atoms with van der Waals surface area (Å²) in [5.41, 5.74) is 0.433. The highest BCUT2D eigenvalue weighted by atomic mass is 32.2. The molecule has 1 saturated heterocycles. The highest BCUT2D eigenvalue weighted by Gasteiger charge is 2.31. The Labute approximate surface area is 92.2 Å². The Balaban J connectivity index is 2.34. The van der Waals surface area contributed by atoms with Crippen molar-refractivity contribution in [3.8, 4) is 0 Å². The van der Waals surface area contributed by atoms with Gasteiger partial charge < -0.3 is 10.1 Å². The van der Waals surface area contributed by atoms with Crippen molar-refractivity contribution >= 4 is 11.8 Å². The molecule has 1 aliphatic heterocycles. The number of nitrogens with one attached hydrogen (secondary N) is 1. The van der Waals surface area contributed by atoms with Crippen molar-refractivity contribution in [3.63, 3.8) is 0 Å². The summed E-state index contributed by atoms with van der Waals surface area (Å²) in [4.78, 5) is 0. The van der Waals surface area contributed by atoms with Crippen LogP contribution in [0.1, 0.15) is 25.7 Å². The number of hydrogen-bond acceptors (Lipinski definition) is 3. The molecular formula is C11H23NOS. The van der Waals surface area contributed by atoms with E-state index in [4.69, 9.17) is 4.74 Å². The second kappa shape index (κ2) is 6.70. The summed E-state index contributed by atoms with van der Waals surface area (Å²) < 4.78 is 5.62. The topological polar surface area (TPSA) is 21.3 Å². The molecule has 0 aromatic heterocycles. The van der Waals surface area contributed by atoms with Crippen LogP contribution >= 0.6 is 11.8 Å². The molecule has 1 unspecified atom stereocenters. The molecule has 1 heterocycles. The zero-order valence-corrected chi connectivity index (χ0v) is 10.3. The maximum Gasteiger partial charge on any atom is 0.0534 e. The lowest BCUT2D eigenvalue weighted by Crippen LogP contribution is -2.40. The van der Waals surface area contributed by atoms with Crippen LogP contribution in [0, 0.1) is 5.41 Å². The van der Waals surface area contributed by atoms with Gasteiger partial charge in [-0.05, 0) is 44.7 Å². The van der Waals surface area contributed by atoms with Gasteiger partial charge in [0, 0.05) is 18.6 Å². The van der Waals surface area contributed by atoms with Crippen molar-refractivity contribution in [1.29, 1.82) is 0 Å². The molecule has 0 radical (unpaired) electrons. The maximum absolute atomic E-state index is 5.62. The molecule has 3 heteroatoms. The second-order valence-electron chi connectivity index (χ2n) is 4.28. The lowest BCUT2D eigenvalue weighted by atomic mass is 9.78. The minimum absolute atomic E-state index is 0.433. The molecule has 14 heavy (non-hydrogen) atoms. The van der Waals surface area contributed by atoms with E-state index < -0.39 is 0 Å². The Morgan fingerprint density at radius 3 is 2.93 bits per heavy atom. The van der Waals surface area contributed by atoms with Crippen LogP contribution in [-0.2, 0) is 4.74 Å². The Hall–Kier alpha value is 0.270. The number of ether oxygens (including phenoxy) is 1. The van der Waals surface area contributed by atoms with E-state index in [9.17, 15) is 0 Å². The lowest BCUT2D eigenvalue weighted by Gasteiger charge is -2.37. The van der Waals surface area contributed by atoms with E-state index in [1.54, 1.807) is 0 Å². The first-order valence-corrected chi connectivity index (χ1v) is 6.94. The molecule has 84 valence electrons. The summed E-state index contributed by atoms with van der Waals surface area (Å²) in [5, 5.41) is 3.32. The van der Waals surface area contributed by atoms with Gasteiger partial charge in [-0.1, -0.05) is 0 Å². The van der Waals surface area contributed by atoms with Gasteiger partial charge in [0.2, 0.25) is 0 Å². The van der Waals surface area contributed by atoms with Crippen molar-refractivity contribution in [2.75, 3.05) is 38.8 Å². The molecule has 1 atom stereocenters. The molecule has 1 N–H and O–H groups in total. The molecule has 1 fully saturated rings. The third kappa shape index (κ3) is 3.79. The maximum atomic E-state index is 5.62. The van der Waals surface area contributed by atoms with Gasteiger partial charge in [-0.3, -0.25) is 0 Å². The Kier molecular flexibility index (Phi) is 5.90. The first-order chi connectivity index (χ1) is 6.83. The smallest absolute Gasteiger partial charge is 0.0534 e. The lowest BCUT2D eigenvalue weighted by molar-refractivity contribution is -0.0113. The van der Waals surface area contributed by atoms with E-state index in [-0.39, 0.29) is 0 Å². The molecule has 0 amide bonds. The average Bonchev–Trinajstić information content (AvgIpc) is 2.20. The largest absolute Gasteiger partial charge is 0.381 e. The fourth-order valence-electron chi connectivity index (χ4n) is 2.30. The SMILES string of the molecule is CNCC1(CCCSC)CCCOC1. The summed E-state index contributed by atoms with van der Waals surface area (Å²) in [6.07, 6.45) is 7.40. The van der Waals surface area contributed by atoms with Crippen LogP contribution in [0.4, 0.5) is 0 Å². The molecule has 0 aromatic rings. The van der Waals surface area contributed by atoms with Crippen molar-refractivity contribution in [1.82, 2.24) is 5.32 Å². The van der Waals surface area contributed by atoms with E-state index in [0.717, 1.165) is 19.8 Å². The first kappa shape index (κ1) is 12.3. The zero-order valence-electron chi connectivity index (χ0n) is 9.47. The summed E-state index contributed by atoms with van der Waals surface area (Å²) in [5.74, 6) is 1.28. The summed E-state index contributed by atoms with van der Waals surface area (Å²) in [6, 6.07) is 0. The second-order valence-corrected chi connectivity index (χ2v) is 5.27. The normalized spacial score (nSPS) is 27.9. The summed E-state index contributed by atoms with van der Waals surface area (Å²) in [7, 11) is 2.05. The van der Waals surface area contributed by atoms with Crippen molar-refractivity contribution in [2.24, 2.45) is 5.41 Å². The fourth-order valence-corrected chi connectivity index (χ4v) is 2.73. The van der Waals surface area contributed by atoms with Gasteiger partial charge >= 0.3 is 0 Å². The third-order valence-electron chi connectivity index (χ3n) is 3.01. The quantitative estimate of drug-likeness (QED) is 0.689. The third-order valence-corrected chi connectivity index (χ3v) is 3.71. The fraction of sp³-hybridized carbons (Fsp3) is 1.00. The van der Waals surface area contributed by atoms with Gasteiger partial charge in [0.25, 0.3) is 0 Å². The van der Waals surface area contributed by atoms with Gasteiger partial charge in [0.1, 0.15) is 0 Å². The summed E-state index contributed by atoms with van der Waals surface area (Å²) in [6.45, 7) is 3.04. The van der Waals surface area contributed by atoms with Crippen LogP contribution in [-0.4, -0.2) is 38.8 Å². The van der Waals surface area contributed by atoms with Gasteiger partial charge in [0.15, 0.2) is 0 Å². The highest BCUT2D eigenvalue weighted by Crippen LogP contribution is 2.33. The minimum atomic E-state index is 0.433. The molecule has 0 spiro atoms. The zero-order chi connectivity index (χ0) is 10.3. The van der Waals surface area contributed by atoms with Crippen molar-refractivity contribution < 1.29 is 4.74 Å². The van der Waals surface area contributed by atoms with Crippen molar-refractivity contribution in [3.05, 3.63) is 0 Å². The standard InChI is InChI=1S/C11H23NOS/c1-12-9-11(6-4-8-14-2)5-3-7-13-10-11/h12H,3-10H2,1-2H3. The first-order valence-electron chi connectivity index (χ1n) is 5.54. The Morgan fingerprint density at radius 2 is 2.36 bits per heavy atom. The molecule has 1 aliphatic rings. The predicted octanol–water partition coefficient (Wildman–Crippen LogP) is 2.15. The van der Waals surface area contributed by atoms with Crippen molar-refractivity contribution in [2.45, 2.75) is 25.7 Å². The summed E-state index contributed by atoms with van der Waals surface area (Å²) >= 11 is 1.95. The van der Waals surface area contributed by atoms with Crippen LogP contribution in [0.2, 0.25) is 0 Å². The molecule has 0 aliphatic carbocycles. The van der Waals surface area contributed by atoms with E-state index in [1.807, 2.05) is 18.8 Å². The van der Waals surface area contributed by atoms with Crippen LogP contribution in [0.25, 0.3) is 0 Å². The average molecular weight is 217 g/mol. The molecule has 1 rings (SSSR count). The van der Waals surface area contributed by atoms with Gasteiger partial charge in [-0.15, -0.1) is 0 Å². The van der Waals surface area contributed by atoms with Crippen LogP contribution < -0.4 is 5.32 Å². The van der Waals surface area contributed by atoms with E-state index >= 15 is 0 Å². The van der Waals surface area contributed by atoms with Crippen LogP contribution in [0.3, 0.4) is 0 Å². The van der Waals surface area contributed by atoms with Gasteiger partial charge in [0.05, 0.1) is 6.61 Å². The number of rotatable bonds is 6. The minimum Gasteiger partial charge on any atom is -0.381 e. The highest BCUT2D eigenvalue weighted by molar-refractivity contribution is 7.98. The van der Waals surface area contributed by atoms with Gasteiger partial charge in [-0.2, -0.15) is 11.8 Å². The number of thioether (sulfide) groups is 1. The van der Waals surface area contributed by atoms with E-state index in [2.05, 4.69) is 11.6 Å². The Bertz CT molecular complexity index is 141. The van der Waals surface area contributed by atoms with E-state index in [1.165, 1.54) is 31.4 Å². The molecule has 2 nitrogen and oxygen atoms in total. The van der Waals surface area contributed by atoms with E-state index in [0.29, 0.717) is 5.41 Å². The monoisotopic (exact) mass is 217 g/mol. The number of hydrogen-bond donors (Lipinski definition) is 1. The molecule has 0 aromatic carbocycles. The molecular weight excluding hydrogens is 194 g/mol. The molecule has 0 saturated carbocycles.